The van der Waals surface area contributed by atoms with Crippen LogP contribution in [0.2, 0.25) is 0 Å². The van der Waals surface area contributed by atoms with Crippen LogP contribution in [0.1, 0.15) is 15.9 Å². The Bertz CT molecular complexity index is 642. The topological polar surface area (TPSA) is 35.5 Å². The smallest absolute Gasteiger partial charge is 0.204 e. The second-order valence-corrected chi connectivity index (χ2v) is 5.48. The van der Waals surface area contributed by atoms with E-state index in [0.29, 0.717) is 17.7 Å². The SMILES string of the molecule is COc1ccc(C(=O)C2Cc3ccccc3O2)c(Br)c1. The van der Waals surface area contributed by atoms with E-state index in [-0.39, 0.29) is 5.78 Å². The van der Waals surface area contributed by atoms with E-state index in [1.165, 1.54) is 0 Å². The van der Waals surface area contributed by atoms with Crippen molar-refractivity contribution in [2.45, 2.75) is 12.5 Å². The minimum atomic E-state index is -0.447. The van der Waals surface area contributed by atoms with Crippen molar-refractivity contribution in [3.8, 4) is 11.5 Å². The summed E-state index contributed by atoms with van der Waals surface area (Å²) in [6.45, 7) is 0. The van der Waals surface area contributed by atoms with Gasteiger partial charge in [-0.1, -0.05) is 18.2 Å². The number of ether oxygens (including phenoxy) is 2. The molecule has 0 saturated carbocycles. The maximum atomic E-state index is 12.5. The molecule has 0 fully saturated rings. The number of methoxy groups -OCH3 is 1. The maximum Gasteiger partial charge on any atom is 0.204 e. The number of benzene rings is 2. The molecular formula is C16H13BrO3. The molecule has 1 unspecified atom stereocenters. The number of ketones is 1. The highest BCUT2D eigenvalue weighted by molar-refractivity contribution is 9.10. The van der Waals surface area contributed by atoms with E-state index >= 15 is 0 Å². The van der Waals surface area contributed by atoms with E-state index in [4.69, 9.17) is 9.47 Å². The minimum Gasteiger partial charge on any atom is -0.497 e. The summed E-state index contributed by atoms with van der Waals surface area (Å²) < 4.78 is 11.6. The average molecular weight is 333 g/mol. The summed E-state index contributed by atoms with van der Waals surface area (Å²) >= 11 is 3.41. The Labute approximate surface area is 125 Å². The molecule has 0 aliphatic carbocycles. The van der Waals surface area contributed by atoms with Crippen molar-refractivity contribution in [1.29, 1.82) is 0 Å². The number of para-hydroxylation sites is 1. The molecule has 0 N–H and O–H groups in total. The minimum absolute atomic E-state index is 0.0178. The van der Waals surface area contributed by atoms with Gasteiger partial charge in [-0.05, 0) is 45.8 Å². The van der Waals surface area contributed by atoms with Crippen LogP contribution in [0.25, 0.3) is 0 Å². The predicted molar refractivity (Wildman–Crippen MR) is 79.6 cm³/mol. The molecule has 0 aromatic heterocycles. The zero-order valence-corrected chi connectivity index (χ0v) is 12.5. The van der Waals surface area contributed by atoms with Crippen LogP contribution in [0.5, 0.6) is 11.5 Å². The van der Waals surface area contributed by atoms with E-state index in [2.05, 4.69) is 15.9 Å². The maximum absolute atomic E-state index is 12.5. The van der Waals surface area contributed by atoms with Gasteiger partial charge in [0.25, 0.3) is 0 Å². The van der Waals surface area contributed by atoms with E-state index in [9.17, 15) is 4.79 Å². The highest BCUT2D eigenvalue weighted by atomic mass is 79.9. The number of fused-ring (bicyclic) bond motifs is 1. The van der Waals surface area contributed by atoms with Crippen LogP contribution < -0.4 is 9.47 Å². The lowest BCUT2D eigenvalue weighted by Crippen LogP contribution is -2.25. The first-order valence-electron chi connectivity index (χ1n) is 6.31. The van der Waals surface area contributed by atoms with Gasteiger partial charge < -0.3 is 9.47 Å². The molecule has 2 aromatic carbocycles. The summed E-state index contributed by atoms with van der Waals surface area (Å²) in [7, 11) is 1.60. The Morgan fingerprint density at radius 2 is 2.10 bits per heavy atom. The lowest BCUT2D eigenvalue weighted by Gasteiger charge is -2.11. The van der Waals surface area contributed by atoms with E-state index in [0.717, 1.165) is 15.8 Å². The Kier molecular flexibility index (Phi) is 3.49. The van der Waals surface area contributed by atoms with Crippen molar-refractivity contribution in [2.24, 2.45) is 0 Å². The van der Waals surface area contributed by atoms with Crippen LogP contribution in [-0.2, 0) is 6.42 Å². The van der Waals surface area contributed by atoms with Crippen LogP contribution in [0.3, 0.4) is 0 Å². The van der Waals surface area contributed by atoms with Crippen LogP contribution >= 0.6 is 15.9 Å². The Balaban J connectivity index is 1.85. The third-order valence-electron chi connectivity index (χ3n) is 3.38. The van der Waals surface area contributed by atoms with Gasteiger partial charge in [0.05, 0.1) is 7.11 Å². The molecule has 102 valence electrons. The fraction of sp³-hybridized carbons (Fsp3) is 0.188. The summed E-state index contributed by atoms with van der Waals surface area (Å²) in [5, 5.41) is 0. The molecule has 0 amide bonds. The standard InChI is InChI=1S/C16H13BrO3/c1-19-11-6-7-12(13(17)9-11)16(18)15-8-10-4-2-3-5-14(10)20-15/h2-7,9,15H,8H2,1H3. The molecule has 0 radical (unpaired) electrons. The van der Waals surface area contributed by atoms with Gasteiger partial charge >= 0.3 is 0 Å². The molecule has 1 heterocycles. The predicted octanol–water partition coefficient (Wildman–Crippen LogP) is 3.64. The molecule has 4 heteroatoms. The van der Waals surface area contributed by atoms with Gasteiger partial charge in [-0.2, -0.15) is 0 Å². The Morgan fingerprint density at radius 3 is 2.80 bits per heavy atom. The van der Waals surface area contributed by atoms with Gasteiger partial charge in [0.1, 0.15) is 11.5 Å². The molecule has 0 spiro atoms. The van der Waals surface area contributed by atoms with Gasteiger partial charge in [-0.25, -0.2) is 0 Å². The van der Waals surface area contributed by atoms with Gasteiger partial charge in [-0.15, -0.1) is 0 Å². The second-order valence-electron chi connectivity index (χ2n) is 4.63. The number of carbonyl (C=O) groups excluding carboxylic acids is 1. The van der Waals surface area contributed by atoms with Gasteiger partial charge in [0.2, 0.25) is 5.78 Å². The molecule has 3 nitrogen and oxygen atoms in total. The lowest BCUT2D eigenvalue weighted by atomic mass is 10.0. The molecule has 20 heavy (non-hydrogen) atoms. The van der Waals surface area contributed by atoms with Gasteiger partial charge in [-0.3, -0.25) is 4.79 Å². The van der Waals surface area contributed by atoms with Crippen LogP contribution in [0.15, 0.2) is 46.9 Å². The van der Waals surface area contributed by atoms with Crippen molar-refractivity contribution in [2.75, 3.05) is 7.11 Å². The molecule has 3 rings (SSSR count). The van der Waals surface area contributed by atoms with Crippen LogP contribution in [0.4, 0.5) is 0 Å². The number of Topliss-reactive ketones (excluding diaryl/α,β-unsaturated/α-hetero) is 1. The molecular weight excluding hydrogens is 320 g/mol. The first kappa shape index (κ1) is 13.2. The molecule has 0 bridgehead atoms. The molecule has 1 aliphatic rings. The molecule has 2 aromatic rings. The van der Waals surface area contributed by atoms with Gasteiger partial charge in [0.15, 0.2) is 6.10 Å². The normalized spacial score (nSPS) is 16.4. The Morgan fingerprint density at radius 1 is 1.30 bits per heavy atom. The number of hydrogen-bond donors (Lipinski definition) is 0. The fourth-order valence-corrected chi connectivity index (χ4v) is 2.88. The third kappa shape index (κ3) is 2.31. The number of carbonyl (C=O) groups is 1. The van der Waals surface area contributed by atoms with Crippen molar-refractivity contribution in [1.82, 2.24) is 0 Å². The van der Waals surface area contributed by atoms with E-state index < -0.39 is 6.10 Å². The first-order valence-corrected chi connectivity index (χ1v) is 7.10. The first-order chi connectivity index (χ1) is 9.69. The summed E-state index contributed by atoms with van der Waals surface area (Å²) in [4.78, 5) is 12.5. The number of rotatable bonds is 3. The van der Waals surface area contributed by atoms with Crippen molar-refractivity contribution in [3.05, 3.63) is 58.1 Å². The van der Waals surface area contributed by atoms with Gasteiger partial charge in [0, 0.05) is 16.5 Å². The zero-order valence-electron chi connectivity index (χ0n) is 10.9. The van der Waals surface area contributed by atoms with Crippen LogP contribution in [-0.4, -0.2) is 19.0 Å². The summed E-state index contributed by atoms with van der Waals surface area (Å²) in [6, 6.07) is 13.1. The summed E-state index contributed by atoms with van der Waals surface area (Å²) in [5.41, 5.74) is 1.69. The monoisotopic (exact) mass is 332 g/mol. The number of halogens is 1. The second kappa shape index (κ2) is 5.29. The Hall–Kier alpha value is -1.81. The summed E-state index contributed by atoms with van der Waals surface area (Å²) in [6.07, 6.45) is 0.171. The van der Waals surface area contributed by atoms with Crippen molar-refractivity contribution < 1.29 is 14.3 Å². The molecule has 1 atom stereocenters. The van der Waals surface area contributed by atoms with E-state index in [1.807, 2.05) is 24.3 Å². The molecule has 0 saturated heterocycles. The zero-order chi connectivity index (χ0) is 14.1. The highest BCUT2D eigenvalue weighted by Crippen LogP contribution is 2.31. The summed E-state index contributed by atoms with van der Waals surface area (Å²) in [5.74, 6) is 1.50. The lowest BCUT2D eigenvalue weighted by molar-refractivity contribution is 0.0824. The quantitative estimate of drug-likeness (QED) is 0.805. The third-order valence-corrected chi connectivity index (χ3v) is 4.04. The van der Waals surface area contributed by atoms with E-state index in [1.54, 1.807) is 25.3 Å². The highest BCUT2D eigenvalue weighted by Gasteiger charge is 2.30. The number of hydrogen-bond acceptors (Lipinski definition) is 3. The fourth-order valence-electron chi connectivity index (χ4n) is 2.32. The van der Waals surface area contributed by atoms with Crippen molar-refractivity contribution in [3.63, 3.8) is 0 Å². The average Bonchev–Trinajstić information content (AvgIpc) is 2.90. The van der Waals surface area contributed by atoms with Crippen molar-refractivity contribution >= 4 is 21.7 Å². The van der Waals surface area contributed by atoms with Crippen LogP contribution in [0, 0.1) is 0 Å². The largest absolute Gasteiger partial charge is 0.497 e. The molecule has 1 aliphatic heterocycles.